The highest BCUT2D eigenvalue weighted by Gasteiger charge is 2.14. The predicted octanol–water partition coefficient (Wildman–Crippen LogP) is 3.39. The Hall–Kier alpha value is -2.77. The molecule has 3 rings (SSSR count). The number of urea groups is 1. The fourth-order valence-corrected chi connectivity index (χ4v) is 2.57. The summed E-state index contributed by atoms with van der Waals surface area (Å²) in [6.45, 7) is 1.83. The third-order valence-electron chi connectivity index (χ3n) is 3.75. The summed E-state index contributed by atoms with van der Waals surface area (Å²) in [7, 11) is 0. The molecule has 1 aromatic heterocycles. The predicted molar refractivity (Wildman–Crippen MR) is 87.1 cm³/mol. The van der Waals surface area contributed by atoms with Crippen molar-refractivity contribution in [2.75, 3.05) is 28.6 Å². The summed E-state index contributed by atoms with van der Waals surface area (Å²) in [6.07, 6.45) is 4.77. The average molecular weight is 333 g/mol. The topological polar surface area (TPSA) is 70.2 Å². The number of carbonyl (C=O) groups excluding carboxylic acids is 1. The first-order valence-corrected chi connectivity index (χ1v) is 7.72. The number of amides is 2. The number of piperidine rings is 1. The summed E-state index contributed by atoms with van der Waals surface area (Å²) < 4.78 is 26.7. The molecule has 0 bridgehead atoms. The number of carbonyl (C=O) groups is 1. The lowest BCUT2D eigenvalue weighted by Crippen LogP contribution is -2.30. The highest BCUT2D eigenvalue weighted by molar-refractivity contribution is 5.99. The standard InChI is InChI=1S/C16H17F2N5O/c17-11-4-5-12(18)13(8-11)21-16(24)22-14-9-15(20-10-19-14)23-6-2-1-3-7-23/h4-5,8-10H,1-3,6-7H2,(H2,19,20,21,22,24). The van der Waals surface area contributed by atoms with Crippen molar-refractivity contribution in [2.24, 2.45) is 0 Å². The molecule has 0 radical (unpaired) electrons. The van der Waals surface area contributed by atoms with Crippen molar-refractivity contribution in [1.82, 2.24) is 9.97 Å². The number of benzene rings is 1. The lowest BCUT2D eigenvalue weighted by molar-refractivity contribution is 0.262. The molecule has 2 N–H and O–H groups in total. The molecule has 0 saturated carbocycles. The molecular formula is C16H17F2N5O. The molecule has 1 saturated heterocycles. The fraction of sp³-hybridized carbons (Fsp3) is 0.312. The Bertz CT molecular complexity index is 734. The Labute approximate surface area is 137 Å². The molecule has 2 amide bonds. The van der Waals surface area contributed by atoms with Crippen molar-refractivity contribution in [1.29, 1.82) is 0 Å². The molecule has 6 nitrogen and oxygen atoms in total. The minimum absolute atomic E-state index is 0.238. The minimum atomic E-state index is -0.719. The van der Waals surface area contributed by atoms with Gasteiger partial charge >= 0.3 is 6.03 Å². The summed E-state index contributed by atoms with van der Waals surface area (Å²) in [5.41, 5.74) is -0.238. The molecule has 0 atom stereocenters. The molecule has 1 fully saturated rings. The van der Waals surface area contributed by atoms with Crippen LogP contribution < -0.4 is 15.5 Å². The summed E-state index contributed by atoms with van der Waals surface area (Å²) in [5.74, 6) is -0.332. The maximum Gasteiger partial charge on any atom is 0.324 e. The highest BCUT2D eigenvalue weighted by Crippen LogP contribution is 2.20. The third kappa shape index (κ3) is 3.95. The summed E-state index contributed by atoms with van der Waals surface area (Å²) in [4.78, 5) is 22.3. The summed E-state index contributed by atoms with van der Waals surface area (Å²) in [5, 5.41) is 4.76. The zero-order valence-electron chi connectivity index (χ0n) is 12.9. The number of nitrogens with one attached hydrogen (secondary N) is 2. The largest absolute Gasteiger partial charge is 0.356 e. The van der Waals surface area contributed by atoms with E-state index in [9.17, 15) is 13.6 Å². The first-order chi connectivity index (χ1) is 11.6. The maximum atomic E-state index is 13.5. The molecule has 1 aliphatic heterocycles. The van der Waals surface area contributed by atoms with E-state index in [0.717, 1.165) is 49.9 Å². The van der Waals surface area contributed by atoms with Gasteiger partial charge in [0.25, 0.3) is 0 Å². The van der Waals surface area contributed by atoms with E-state index in [0.29, 0.717) is 5.82 Å². The molecule has 126 valence electrons. The van der Waals surface area contributed by atoms with Gasteiger partial charge in [0.1, 0.15) is 29.6 Å². The van der Waals surface area contributed by atoms with E-state index >= 15 is 0 Å². The Kier molecular flexibility index (Phi) is 4.83. The first-order valence-electron chi connectivity index (χ1n) is 7.72. The van der Waals surface area contributed by atoms with Crippen LogP contribution in [0.4, 0.5) is 30.9 Å². The lowest BCUT2D eigenvalue weighted by atomic mass is 10.1. The normalized spacial score (nSPS) is 14.3. The van der Waals surface area contributed by atoms with Crippen LogP contribution in [0.3, 0.4) is 0 Å². The Morgan fingerprint density at radius 2 is 1.83 bits per heavy atom. The Balaban J connectivity index is 1.67. The van der Waals surface area contributed by atoms with Crippen LogP contribution in [0.2, 0.25) is 0 Å². The Morgan fingerprint density at radius 3 is 2.62 bits per heavy atom. The van der Waals surface area contributed by atoms with Crippen molar-refractivity contribution in [3.05, 3.63) is 42.2 Å². The number of nitrogens with zero attached hydrogens (tertiary/aromatic N) is 3. The van der Waals surface area contributed by atoms with Crippen molar-refractivity contribution in [2.45, 2.75) is 19.3 Å². The lowest BCUT2D eigenvalue weighted by Gasteiger charge is -2.27. The highest BCUT2D eigenvalue weighted by atomic mass is 19.1. The molecule has 24 heavy (non-hydrogen) atoms. The number of rotatable bonds is 3. The van der Waals surface area contributed by atoms with Gasteiger partial charge in [-0.05, 0) is 31.4 Å². The van der Waals surface area contributed by atoms with E-state index in [1.54, 1.807) is 6.07 Å². The molecule has 1 aliphatic rings. The second-order valence-electron chi connectivity index (χ2n) is 5.51. The average Bonchev–Trinajstić information content (AvgIpc) is 2.59. The molecule has 2 aromatic rings. The van der Waals surface area contributed by atoms with Gasteiger partial charge in [-0.1, -0.05) is 0 Å². The van der Waals surface area contributed by atoms with E-state index in [1.807, 2.05) is 0 Å². The van der Waals surface area contributed by atoms with Crippen LogP contribution >= 0.6 is 0 Å². The van der Waals surface area contributed by atoms with Crippen LogP contribution in [0, 0.1) is 11.6 Å². The smallest absolute Gasteiger partial charge is 0.324 e. The van der Waals surface area contributed by atoms with E-state index in [-0.39, 0.29) is 5.69 Å². The molecule has 1 aromatic carbocycles. The second-order valence-corrected chi connectivity index (χ2v) is 5.51. The SMILES string of the molecule is O=C(Nc1cc(N2CCCCC2)ncn1)Nc1cc(F)ccc1F. The van der Waals surface area contributed by atoms with Crippen LogP contribution in [-0.2, 0) is 0 Å². The molecule has 2 heterocycles. The van der Waals surface area contributed by atoms with Gasteiger partial charge in [0.2, 0.25) is 0 Å². The van der Waals surface area contributed by atoms with E-state index in [1.165, 1.54) is 12.7 Å². The number of hydrogen-bond acceptors (Lipinski definition) is 4. The number of aromatic nitrogens is 2. The number of anilines is 3. The van der Waals surface area contributed by atoms with Gasteiger partial charge in [-0.15, -0.1) is 0 Å². The van der Waals surface area contributed by atoms with Crippen LogP contribution in [-0.4, -0.2) is 29.1 Å². The molecular weight excluding hydrogens is 316 g/mol. The van der Waals surface area contributed by atoms with Gasteiger partial charge in [0.05, 0.1) is 5.69 Å². The minimum Gasteiger partial charge on any atom is -0.356 e. The van der Waals surface area contributed by atoms with Gasteiger partial charge in [-0.25, -0.2) is 23.5 Å². The zero-order chi connectivity index (χ0) is 16.9. The fourth-order valence-electron chi connectivity index (χ4n) is 2.57. The molecule has 8 heteroatoms. The van der Waals surface area contributed by atoms with Gasteiger partial charge in [0.15, 0.2) is 0 Å². The van der Waals surface area contributed by atoms with Crippen LogP contribution in [0.1, 0.15) is 19.3 Å². The third-order valence-corrected chi connectivity index (χ3v) is 3.75. The quantitative estimate of drug-likeness (QED) is 0.903. The van der Waals surface area contributed by atoms with E-state index in [2.05, 4.69) is 25.5 Å². The van der Waals surface area contributed by atoms with E-state index < -0.39 is 17.7 Å². The van der Waals surface area contributed by atoms with Crippen molar-refractivity contribution in [3.8, 4) is 0 Å². The molecule has 0 unspecified atom stereocenters. The summed E-state index contributed by atoms with van der Waals surface area (Å²) in [6, 6.07) is 3.79. The second kappa shape index (κ2) is 7.20. The van der Waals surface area contributed by atoms with E-state index in [4.69, 9.17) is 0 Å². The van der Waals surface area contributed by atoms with Crippen molar-refractivity contribution in [3.63, 3.8) is 0 Å². The summed E-state index contributed by atoms with van der Waals surface area (Å²) >= 11 is 0. The number of halogens is 2. The maximum absolute atomic E-state index is 13.5. The molecule has 0 aliphatic carbocycles. The molecule has 0 spiro atoms. The van der Waals surface area contributed by atoms with Crippen LogP contribution in [0.25, 0.3) is 0 Å². The van der Waals surface area contributed by atoms with Crippen molar-refractivity contribution >= 4 is 23.4 Å². The zero-order valence-corrected chi connectivity index (χ0v) is 12.9. The van der Waals surface area contributed by atoms with Gasteiger partial charge < -0.3 is 10.2 Å². The van der Waals surface area contributed by atoms with Gasteiger partial charge in [0, 0.05) is 25.2 Å². The van der Waals surface area contributed by atoms with Gasteiger partial charge in [-0.2, -0.15) is 0 Å². The van der Waals surface area contributed by atoms with Crippen molar-refractivity contribution < 1.29 is 13.6 Å². The van der Waals surface area contributed by atoms with Crippen LogP contribution in [0.15, 0.2) is 30.6 Å². The van der Waals surface area contributed by atoms with Gasteiger partial charge in [-0.3, -0.25) is 5.32 Å². The monoisotopic (exact) mass is 333 g/mol. The van der Waals surface area contributed by atoms with Crippen LogP contribution in [0.5, 0.6) is 0 Å². The Morgan fingerprint density at radius 1 is 1.04 bits per heavy atom. The number of hydrogen-bond donors (Lipinski definition) is 2. The first kappa shape index (κ1) is 16.1.